The highest BCUT2D eigenvalue weighted by Crippen LogP contribution is 2.54. The van der Waals surface area contributed by atoms with E-state index in [0.29, 0.717) is 32.4 Å². The number of amides is 1. The lowest BCUT2D eigenvalue weighted by Gasteiger charge is -2.60. The van der Waals surface area contributed by atoms with Gasteiger partial charge in [-0.25, -0.2) is 0 Å². The summed E-state index contributed by atoms with van der Waals surface area (Å²) in [6, 6.07) is 13.9. The van der Waals surface area contributed by atoms with Gasteiger partial charge >= 0.3 is 5.97 Å². The number of fused-ring (bicyclic) bond motifs is 1. The van der Waals surface area contributed by atoms with Gasteiger partial charge < -0.3 is 19.8 Å². The lowest BCUT2D eigenvalue weighted by atomic mass is 9.55. The van der Waals surface area contributed by atoms with E-state index in [1.165, 1.54) is 13.0 Å². The number of ether oxygens (including phenoxy) is 1. The molecule has 1 aliphatic carbocycles. The van der Waals surface area contributed by atoms with Crippen LogP contribution in [0.4, 0.5) is 0 Å². The first-order chi connectivity index (χ1) is 17.7. The topological polar surface area (TPSA) is 90.3 Å². The molecular formula is C30H36N2O5. The second kappa shape index (κ2) is 10.8. The van der Waals surface area contributed by atoms with Crippen LogP contribution in [0.15, 0.2) is 67.3 Å². The molecule has 4 rings (SSSR count). The van der Waals surface area contributed by atoms with E-state index in [4.69, 9.17) is 4.74 Å². The monoisotopic (exact) mass is 504 g/mol. The number of esters is 1. The first kappa shape index (κ1) is 26.5. The molecule has 196 valence electrons. The predicted molar refractivity (Wildman–Crippen MR) is 143 cm³/mol. The van der Waals surface area contributed by atoms with Crippen LogP contribution in [0.1, 0.15) is 43.7 Å². The lowest BCUT2D eigenvalue weighted by Crippen LogP contribution is -2.68. The van der Waals surface area contributed by atoms with E-state index in [2.05, 4.69) is 11.5 Å². The molecule has 7 nitrogen and oxygen atoms in total. The number of piperidine rings is 1. The van der Waals surface area contributed by atoms with Gasteiger partial charge in [-0.05, 0) is 73.7 Å². The van der Waals surface area contributed by atoms with Gasteiger partial charge in [0.15, 0.2) is 0 Å². The van der Waals surface area contributed by atoms with Crippen LogP contribution >= 0.6 is 0 Å². The van der Waals surface area contributed by atoms with E-state index in [1.54, 1.807) is 41.3 Å². The van der Waals surface area contributed by atoms with Crippen molar-refractivity contribution in [2.45, 2.75) is 49.7 Å². The molecule has 0 aromatic heterocycles. The van der Waals surface area contributed by atoms with Gasteiger partial charge in [0.25, 0.3) is 0 Å². The molecule has 0 bridgehead atoms. The van der Waals surface area contributed by atoms with Gasteiger partial charge in [-0.2, -0.15) is 0 Å². The smallest absolute Gasteiger partial charge is 0.303 e. The molecule has 1 aliphatic heterocycles. The summed E-state index contributed by atoms with van der Waals surface area (Å²) in [7, 11) is 1.81. The van der Waals surface area contributed by atoms with E-state index < -0.39 is 11.0 Å². The Kier molecular flexibility index (Phi) is 7.73. The van der Waals surface area contributed by atoms with Crippen molar-refractivity contribution < 1.29 is 24.5 Å². The highest BCUT2D eigenvalue weighted by atomic mass is 16.6. The molecule has 3 atom stereocenters. The van der Waals surface area contributed by atoms with Crippen molar-refractivity contribution in [3.8, 4) is 11.5 Å². The van der Waals surface area contributed by atoms with Crippen molar-refractivity contribution in [1.29, 1.82) is 0 Å². The summed E-state index contributed by atoms with van der Waals surface area (Å²) in [5.41, 5.74) is 0.311. The van der Waals surface area contributed by atoms with Gasteiger partial charge in [0.1, 0.15) is 17.1 Å². The first-order valence-electron chi connectivity index (χ1n) is 12.7. The van der Waals surface area contributed by atoms with Crippen molar-refractivity contribution >= 4 is 18.0 Å². The van der Waals surface area contributed by atoms with Crippen molar-refractivity contribution in [1.82, 2.24) is 9.80 Å². The Labute approximate surface area is 218 Å². The molecule has 2 aromatic carbocycles. The maximum atomic E-state index is 13.2. The van der Waals surface area contributed by atoms with Crippen molar-refractivity contribution in [2.24, 2.45) is 0 Å². The van der Waals surface area contributed by atoms with Gasteiger partial charge in [-0.15, -0.1) is 6.58 Å². The van der Waals surface area contributed by atoms with Gasteiger partial charge in [-0.3, -0.25) is 14.5 Å². The normalized spacial score (nSPS) is 25.8. The molecule has 1 heterocycles. The molecule has 1 saturated heterocycles. The van der Waals surface area contributed by atoms with Gasteiger partial charge in [-0.1, -0.05) is 30.3 Å². The molecule has 1 saturated carbocycles. The fourth-order valence-electron chi connectivity index (χ4n) is 6.23. The third-order valence-electron chi connectivity index (χ3n) is 7.98. The number of hydrogen-bond acceptors (Lipinski definition) is 6. The molecule has 2 fully saturated rings. The number of benzene rings is 2. The van der Waals surface area contributed by atoms with E-state index in [-0.39, 0.29) is 29.4 Å². The second-order valence-corrected chi connectivity index (χ2v) is 10.3. The van der Waals surface area contributed by atoms with Crippen molar-refractivity contribution in [3.63, 3.8) is 0 Å². The third kappa shape index (κ3) is 5.42. The summed E-state index contributed by atoms with van der Waals surface area (Å²) in [5, 5.41) is 20.1. The van der Waals surface area contributed by atoms with E-state index >= 15 is 0 Å². The molecule has 0 spiro atoms. The molecule has 2 aromatic rings. The molecule has 2 N–H and O–H groups in total. The van der Waals surface area contributed by atoms with Crippen LogP contribution in [0.5, 0.6) is 11.5 Å². The number of hydrogen-bond donors (Lipinski definition) is 2. The fourth-order valence-corrected chi connectivity index (χ4v) is 6.23. The average molecular weight is 505 g/mol. The minimum absolute atomic E-state index is 0.0849. The number of carbonyl (C=O) groups excluding carboxylic acids is 2. The summed E-state index contributed by atoms with van der Waals surface area (Å²) < 4.78 is 6.22. The zero-order chi connectivity index (χ0) is 26.6. The van der Waals surface area contributed by atoms with Gasteiger partial charge in [0.2, 0.25) is 5.91 Å². The van der Waals surface area contributed by atoms with Crippen LogP contribution in [0.2, 0.25) is 0 Å². The van der Waals surface area contributed by atoms with Crippen LogP contribution in [0.25, 0.3) is 6.08 Å². The Bertz CT molecular complexity index is 1190. The van der Waals surface area contributed by atoms with Crippen LogP contribution < -0.4 is 0 Å². The van der Waals surface area contributed by atoms with Crippen LogP contribution in [0, 0.1) is 0 Å². The highest BCUT2D eigenvalue weighted by molar-refractivity contribution is 5.91. The minimum atomic E-state index is -0.786. The third-order valence-corrected chi connectivity index (χ3v) is 7.98. The largest absolute Gasteiger partial charge is 0.508 e. The number of phenolic OH excluding ortho intramolecular Hbond substituents is 2. The molecule has 37 heavy (non-hydrogen) atoms. The zero-order valence-corrected chi connectivity index (χ0v) is 21.6. The number of likely N-dealkylation sites (tertiary alicyclic amines) is 1. The average Bonchev–Trinajstić information content (AvgIpc) is 2.86. The Morgan fingerprint density at radius 2 is 1.89 bits per heavy atom. The standard InChI is InChI=1S/C30H36N2O5/c1-4-16-32-17-15-29(24-8-6-10-27(35)19-24)20-25(13-14-30(29,21-32)37-22(2)33)31(3)28(36)12-11-23-7-5-9-26(34)18-23/h4-12,18-19,25,34-35H,1,13-17,20-21H2,2-3H3/b12-11+. The number of rotatable bonds is 7. The Hall–Kier alpha value is -3.58. The summed E-state index contributed by atoms with van der Waals surface area (Å²) in [6.07, 6.45) is 7.68. The van der Waals surface area contributed by atoms with Crippen LogP contribution in [-0.4, -0.2) is 70.2 Å². The Balaban J connectivity index is 1.67. The maximum Gasteiger partial charge on any atom is 0.303 e. The molecule has 0 radical (unpaired) electrons. The van der Waals surface area contributed by atoms with Gasteiger partial charge in [0.05, 0.1) is 0 Å². The summed E-state index contributed by atoms with van der Waals surface area (Å²) in [4.78, 5) is 29.6. The number of aromatic hydroxyl groups is 2. The minimum Gasteiger partial charge on any atom is -0.508 e. The molecule has 7 heteroatoms. The lowest BCUT2D eigenvalue weighted by molar-refractivity contribution is -0.189. The zero-order valence-electron chi connectivity index (χ0n) is 21.6. The Morgan fingerprint density at radius 3 is 2.57 bits per heavy atom. The number of likely N-dealkylation sites (N-methyl/N-ethyl adjacent to an activating group) is 1. The molecular weight excluding hydrogens is 468 g/mol. The summed E-state index contributed by atoms with van der Waals surface area (Å²) >= 11 is 0. The van der Waals surface area contributed by atoms with Crippen LogP contribution in [-0.2, 0) is 19.7 Å². The van der Waals surface area contributed by atoms with E-state index in [1.807, 2.05) is 31.3 Å². The van der Waals surface area contributed by atoms with E-state index in [9.17, 15) is 19.8 Å². The SMILES string of the molecule is C=CCN1CCC2(c3cccc(O)c3)CC(N(C)C(=O)/C=C/c3cccc(O)c3)CCC2(OC(C)=O)C1. The first-order valence-corrected chi connectivity index (χ1v) is 12.7. The van der Waals surface area contributed by atoms with Gasteiger partial charge in [0, 0.05) is 44.6 Å². The summed E-state index contributed by atoms with van der Waals surface area (Å²) in [6.45, 7) is 7.37. The Morgan fingerprint density at radius 1 is 1.16 bits per heavy atom. The van der Waals surface area contributed by atoms with Crippen molar-refractivity contribution in [3.05, 3.63) is 78.4 Å². The number of carbonyl (C=O) groups is 2. The number of phenols is 2. The fraction of sp³-hybridized carbons (Fsp3) is 0.400. The van der Waals surface area contributed by atoms with E-state index in [0.717, 1.165) is 24.1 Å². The predicted octanol–water partition coefficient (Wildman–Crippen LogP) is 4.25. The molecule has 3 unspecified atom stereocenters. The second-order valence-electron chi connectivity index (χ2n) is 10.3. The van der Waals surface area contributed by atoms with Crippen molar-refractivity contribution in [2.75, 3.05) is 26.7 Å². The highest BCUT2D eigenvalue weighted by Gasteiger charge is 2.61. The number of nitrogens with zero attached hydrogens (tertiary/aromatic N) is 2. The van der Waals surface area contributed by atoms with Crippen LogP contribution in [0.3, 0.4) is 0 Å². The molecule has 2 aliphatic rings. The maximum absolute atomic E-state index is 13.2. The summed E-state index contributed by atoms with van der Waals surface area (Å²) in [5.74, 6) is -0.156. The quantitative estimate of drug-likeness (QED) is 0.333. The molecule has 1 amide bonds.